The van der Waals surface area contributed by atoms with E-state index in [0.717, 1.165) is 25.9 Å². The molecule has 13 heavy (non-hydrogen) atoms. The molecule has 1 aromatic carbocycles. The van der Waals surface area contributed by atoms with Crippen LogP contribution in [-0.2, 0) is 17.8 Å². The molecule has 0 radical (unpaired) electrons. The summed E-state index contributed by atoms with van der Waals surface area (Å²) in [5, 5.41) is 1.93. The lowest BCUT2D eigenvalue weighted by atomic mass is 10.0. The Hall–Kier alpha value is -1.35. The lowest BCUT2D eigenvalue weighted by molar-refractivity contribution is -0.114. The minimum absolute atomic E-state index is 0.730. The van der Waals surface area contributed by atoms with Gasteiger partial charge in [0.15, 0.2) is 0 Å². The second-order valence-electron chi connectivity index (χ2n) is 3.19. The molecule has 3 heteroatoms. The number of rotatable bonds is 2. The molecule has 2 rings (SSSR count). The highest BCUT2D eigenvalue weighted by Crippen LogP contribution is 2.16. The van der Waals surface area contributed by atoms with E-state index in [4.69, 9.17) is 0 Å². The Balaban J connectivity index is 2.15. The first-order chi connectivity index (χ1) is 6.40. The minimum atomic E-state index is 0.730. The monoisotopic (exact) mass is 176 g/mol. The van der Waals surface area contributed by atoms with Crippen molar-refractivity contribution in [3.05, 3.63) is 35.4 Å². The van der Waals surface area contributed by atoms with Crippen LogP contribution in [0.2, 0.25) is 0 Å². The summed E-state index contributed by atoms with van der Waals surface area (Å²) in [5.74, 6) is 0. The summed E-state index contributed by atoms with van der Waals surface area (Å²) in [7, 11) is 0. The quantitative estimate of drug-likeness (QED) is 0.673. The third kappa shape index (κ3) is 1.70. The Kier molecular flexibility index (Phi) is 2.27. The zero-order valence-corrected chi connectivity index (χ0v) is 7.36. The van der Waals surface area contributed by atoms with Crippen LogP contribution in [0.25, 0.3) is 0 Å². The standard InChI is InChI=1S/C10H12N2O/c13-8-11-12-6-5-9-3-1-2-4-10(9)7-12/h1-4,8H,5-7H2,(H,11,13). The molecule has 1 heterocycles. The van der Waals surface area contributed by atoms with Crippen molar-refractivity contribution in [2.45, 2.75) is 13.0 Å². The maximum absolute atomic E-state index is 10.2. The van der Waals surface area contributed by atoms with Gasteiger partial charge in [-0.25, -0.2) is 5.01 Å². The van der Waals surface area contributed by atoms with E-state index in [1.165, 1.54) is 11.1 Å². The zero-order chi connectivity index (χ0) is 9.10. The number of nitrogens with zero attached hydrogens (tertiary/aromatic N) is 1. The molecule has 0 fully saturated rings. The second kappa shape index (κ2) is 3.58. The molecule has 1 aliphatic rings. The van der Waals surface area contributed by atoms with Crippen molar-refractivity contribution in [2.75, 3.05) is 6.54 Å². The number of benzene rings is 1. The van der Waals surface area contributed by atoms with Crippen LogP contribution in [0.5, 0.6) is 0 Å². The lowest BCUT2D eigenvalue weighted by Gasteiger charge is -2.27. The number of nitrogens with one attached hydrogen (secondary N) is 1. The fourth-order valence-electron chi connectivity index (χ4n) is 1.68. The van der Waals surface area contributed by atoms with Gasteiger partial charge in [0, 0.05) is 13.1 Å². The number of carbonyl (C=O) groups excluding carboxylic acids is 1. The molecule has 0 saturated carbocycles. The molecule has 0 aromatic heterocycles. The van der Waals surface area contributed by atoms with Crippen LogP contribution in [0.3, 0.4) is 0 Å². The summed E-state index contributed by atoms with van der Waals surface area (Å²) in [6.45, 7) is 1.71. The Labute approximate surface area is 77.3 Å². The molecule has 1 amide bonds. The van der Waals surface area contributed by atoms with Crippen LogP contribution in [-0.4, -0.2) is 18.0 Å². The minimum Gasteiger partial charge on any atom is -0.291 e. The highest BCUT2D eigenvalue weighted by molar-refractivity contribution is 5.45. The normalized spacial score (nSPS) is 16.3. The van der Waals surface area contributed by atoms with Gasteiger partial charge in [0.2, 0.25) is 6.41 Å². The largest absolute Gasteiger partial charge is 0.291 e. The highest BCUT2D eigenvalue weighted by Gasteiger charge is 2.13. The molecule has 68 valence electrons. The molecule has 3 nitrogen and oxygen atoms in total. The number of hydrogen-bond acceptors (Lipinski definition) is 2. The number of hydrogen-bond donors (Lipinski definition) is 1. The van der Waals surface area contributed by atoms with Gasteiger partial charge in [0.05, 0.1) is 0 Å². The average Bonchev–Trinajstić information content (AvgIpc) is 2.18. The van der Waals surface area contributed by atoms with Crippen molar-refractivity contribution >= 4 is 6.41 Å². The predicted octanol–water partition coefficient (Wildman–Crippen LogP) is 0.706. The number of carbonyl (C=O) groups is 1. The Morgan fingerprint density at radius 2 is 2.08 bits per heavy atom. The summed E-state index contributed by atoms with van der Waals surface area (Å²) >= 11 is 0. The van der Waals surface area contributed by atoms with E-state index in [0.29, 0.717) is 0 Å². The van der Waals surface area contributed by atoms with Gasteiger partial charge in [-0.2, -0.15) is 0 Å². The topological polar surface area (TPSA) is 32.3 Å². The zero-order valence-electron chi connectivity index (χ0n) is 7.36. The van der Waals surface area contributed by atoms with Gasteiger partial charge in [-0.3, -0.25) is 10.2 Å². The van der Waals surface area contributed by atoms with E-state index < -0.39 is 0 Å². The van der Waals surface area contributed by atoms with Gasteiger partial charge in [0.25, 0.3) is 0 Å². The van der Waals surface area contributed by atoms with E-state index in [-0.39, 0.29) is 0 Å². The van der Waals surface area contributed by atoms with Crippen LogP contribution in [0.4, 0.5) is 0 Å². The van der Waals surface area contributed by atoms with Crippen LogP contribution in [0.15, 0.2) is 24.3 Å². The van der Waals surface area contributed by atoms with Crippen molar-refractivity contribution in [2.24, 2.45) is 0 Å². The Bertz CT molecular complexity index is 312. The predicted molar refractivity (Wildman–Crippen MR) is 49.8 cm³/mol. The van der Waals surface area contributed by atoms with Crippen molar-refractivity contribution in [3.63, 3.8) is 0 Å². The van der Waals surface area contributed by atoms with Gasteiger partial charge in [-0.1, -0.05) is 24.3 Å². The smallest absolute Gasteiger partial charge is 0.221 e. The molecule has 0 aliphatic carbocycles. The fraction of sp³-hybridized carbons (Fsp3) is 0.300. The van der Waals surface area contributed by atoms with Crippen molar-refractivity contribution < 1.29 is 4.79 Å². The van der Waals surface area contributed by atoms with Crippen molar-refractivity contribution in [1.29, 1.82) is 0 Å². The second-order valence-corrected chi connectivity index (χ2v) is 3.19. The van der Waals surface area contributed by atoms with E-state index in [9.17, 15) is 4.79 Å². The highest BCUT2D eigenvalue weighted by atomic mass is 16.1. The van der Waals surface area contributed by atoms with Crippen LogP contribution >= 0.6 is 0 Å². The van der Waals surface area contributed by atoms with Crippen molar-refractivity contribution in [1.82, 2.24) is 10.4 Å². The summed E-state index contributed by atoms with van der Waals surface area (Å²) < 4.78 is 0. The molecule has 0 spiro atoms. The van der Waals surface area contributed by atoms with Crippen LogP contribution in [0.1, 0.15) is 11.1 Å². The Morgan fingerprint density at radius 1 is 1.31 bits per heavy atom. The number of amides is 1. The summed E-state index contributed by atoms with van der Waals surface area (Å²) in [5.41, 5.74) is 5.38. The number of fused-ring (bicyclic) bond motifs is 1. The molecule has 1 N–H and O–H groups in total. The van der Waals surface area contributed by atoms with E-state index >= 15 is 0 Å². The van der Waals surface area contributed by atoms with Gasteiger partial charge in [-0.05, 0) is 17.5 Å². The van der Waals surface area contributed by atoms with Crippen molar-refractivity contribution in [3.8, 4) is 0 Å². The first kappa shape index (κ1) is 8.26. The molecule has 1 aliphatic heterocycles. The van der Waals surface area contributed by atoms with Crippen LogP contribution < -0.4 is 5.43 Å². The molecule has 1 aromatic rings. The van der Waals surface area contributed by atoms with E-state index in [1.807, 2.05) is 11.1 Å². The first-order valence-corrected chi connectivity index (χ1v) is 4.41. The SMILES string of the molecule is O=CNN1CCc2ccccc2C1. The molecule has 0 bridgehead atoms. The summed E-state index contributed by atoms with van der Waals surface area (Å²) in [6, 6.07) is 8.34. The maximum atomic E-state index is 10.2. The molecule has 0 saturated heterocycles. The molecular formula is C10H12N2O. The van der Waals surface area contributed by atoms with Gasteiger partial charge in [-0.15, -0.1) is 0 Å². The third-order valence-corrected chi connectivity index (χ3v) is 2.37. The van der Waals surface area contributed by atoms with Crippen LogP contribution in [0, 0.1) is 0 Å². The molecular weight excluding hydrogens is 164 g/mol. The number of hydrazine groups is 1. The molecule has 0 atom stereocenters. The fourth-order valence-corrected chi connectivity index (χ4v) is 1.68. The van der Waals surface area contributed by atoms with E-state index in [1.54, 1.807) is 0 Å². The van der Waals surface area contributed by atoms with Gasteiger partial charge in [0.1, 0.15) is 0 Å². The first-order valence-electron chi connectivity index (χ1n) is 4.41. The lowest BCUT2D eigenvalue weighted by Crippen LogP contribution is -2.40. The summed E-state index contributed by atoms with van der Waals surface area (Å²) in [6.07, 6.45) is 1.74. The van der Waals surface area contributed by atoms with E-state index in [2.05, 4.69) is 23.6 Å². The Morgan fingerprint density at radius 3 is 2.85 bits per heavy atom. The summed E-state index contributed by atoms with van der Waals surface area (Å²) in [4.78, 5) is 10.2. The molecule has 0 unspecified atom stereocenters. The average molecular weight is 176 g/mol. The maximum Gasteiger partial charge on any atom is 0.221 e. The van der Waals surface area contributed by atoms with Gasteiger partial charge < -0.3 is 0 Å². The van der Waals surface area contributed by atoms with Gasteiger partial charge >= 0.3 is 0 Å². The third-order valence-electron chi connectivity index (χ3n) is 2.37.